The van der Waals surface area contributed by atoms with E-state index in [2.05, 4.69) is 38.2 Å². The Morgan fingerprint density at radius 1 is 0.413 bits per heavy atom. The highest BCUT2D eigenvalue weighted by molar-refractivity contribution is 7.47. The number of esters is 2. The Balaban J connectivity index is 3.80. The van der Waals surface area contributed by atoms with E-state index in [-0.39, 0.29) is 12.8 Å². The third-order valence-corrected chi connectivity index (χ3v) is 12.6. The van der Waals surface area contributed by atoms with Crippen LogP contribution in [0.25, 0.3) is 0 Å². The van der Waals surface area contributed by atoms with Gasteiger partial charge in [-0.25, -0.2) is 4.57 Å². The van der Waals surface area contributed by atoms with Crippen LogP contribution in [0.2, 0.25) is 0 Å². The summed E-state index contributed by atoms with van der Waals surface area (Å²) in [6, 6.07) is 0. The Morgan fingerprint density at radius 2 is 0.651 bits per heavy atom. The van der Waals surface area contributed by atoms with Gasteiger partial charge in [-0.05, 0) is 64.2 Å². The third-order valence-electron chi connectivity index (χ3n) is 11.6. The lowest BCUT2D eigenvalue weighted by Crippen LogP contribution is -2.28. The summed E-state index contributed by atoms with van der Waals surface area (Å²) in [5.41, 5.74) is 0. The van der Waals surface area contributed by atoms with Gasteiger partial charge in [0, 0.05) is 12.8 Å². The number of carbonyl (C=O) groups excluding carboxylic acids is 2. The van der Waals surface area contributed by atoms with Crippen molar-refractivity contribution in [1.82, 2.24) is 0 Å². The summed E-state index contributed by atoms with van der Waals surface area (Å²) in [7, 11) is -4.64. The first-order valence-corrected chi connectivity index (χ1v) is 27.8. The van der Waals surface area contributed by atoms with Crippen LogP contribution in [0.3, 0.4) is 0 Å². The van der Waals surface area contributed by atoms with Crippen molar-refractivity contribution in [2.75, 3.05) is 26.4 Å². The number of rotatable bonds is 50. The van der Waals surface area contributed by atoms with Crippen molar-refractivity contribution >= 4 is 19.8 Å². The van der Waals surface area contributed by atoms with E-state index in [0.717, 1.165) is 44.9 Å². The number of hydrogen-bond donors (Lipinski definition) is 3. The van der Waals surface area contributed by atoms with Crippen molar-refractivity contribution in [3.8, 4) is 0 Å². The first-order chi connectivity index (χ1) is 30.8. The zero-order chi connectivity index (χ0) is 46.2. The normalized spacial score (nSPS) is 13.8. The van der Waals surface area contributed by atoms with Crippen LogP contribution in [0.4, 0.5) is 0 Å². The van der Waals surface area contributed by atoms with Crippen LogP contribution < -0.4 is 0 Å². The maximum absolute atomic E-state index is 12.4. The summed E-state index contributed by atoms with van der Waals surface area (Å²) in [5, 5.41) is 19.3. The maximum Gasteiger partial charge on any atom is 0.472 e. The average Bonchev–Trinajstić information content (AvgIpc) is 3.27. The fourth-order valence-electron chi connectivity index (χ4n) is 7.58. The van der Waals surface area contributed by atoms with Gasteiger partial charge >= 0.3 is 19.8 Å². The minimum absolute atomic E-state index is 0.189. The third kappa shape index (κ3) is 46.8. The van der Waals surface area contributed by atoms with E-state index in [1.165, 1.54) is 173 Å². The van der Waals surface area contributed by atoms with Crippen LogP contribution in [0.5, 0.6) is 0 Å². The van der Waals surface area contributed by atoms with Crippen molar-refractivity contribution in [3.63, 3.8) is 0 Å². The van der Waals surface area contributed by atoms with Crippen molar-refractivity contribution < 1.29 is 47.8 Å². The topological polar surface area (TPSA) is 149 Å². The Bertz CT molecular complexity index is 1100. The Labute approximate surface area is 387 Å². The van der Waals surface area contributed by atoms with E-state index < -0.39 is 58.4 Å². The molecule has 0 aliphatic heterocycles. The zero-order valence-corrected chi connectivity index (χ0v) is 41.7. The van der Waals surface area contributed by atoms with E-state index in [0.29, 0.717) is 12.8 Å². The number of ether oxygens (including phenoxy) is 2. The van der Waals surface area contributed by atoms with Gasteiger partial charge in [-0.2, -0.15) is 0 Å². The molecule has 0 bridgehead atoms. The average molecular weight is 915 g/mol. The molecular weight excluding hydrogens is 816 g/mol. The molecule has 0 aliphatic carbocycles. The highest BCUT2D eigenvalue weighted by Gasteiger charge is 2.27. The first kappa shape index (κ1) is 61.5. The van der Waals surface area contributed by atoms with Gasteiger partial charge in [-0.1, -0.05) is 205 Å². The van der Waals surface area contributed by atoms with Crippen LogP contribution in [0.1, 0.15) is 258 Å². The molecule has 0 saturated heterocycles. The molecule has 0 fully saturated rings. The van der Waals surface area contributed by atoms with Crippen molar-refractivity contribution in [2.24, 2.45) is 0 Å². The Hall–Kier alpha value is -1.55. The van der Waals surface area contributed by atoms with Crippen molar-refractivity contribution in [1.29, 1.82) is 0 Å². The predicted octanol–water partition coefficient (Wildman–Crippen LogP) is 14.9. The fourth-order valence-corrected chi connectivity index (χ4v) is 8.36. The van der Waals surface area contributed by atoms with Crippen LogP contribution in [-0.2, 0) is 32.7 Å². The minimum atomic E-state index is -4.64. The molecule has 0 aliphatic rings. The SMILES string of the molecule is CCCCCCCC/C=C\CCCCCCCCCC(=O)OC(CO)COP(=O)(O)OCC(CO)OC(=O)CCCCCCCCCCCCC/C=C\CCCCCCCCCC. The summed E-state index contributed by atoms with van der Waals surface area (Å²) in [4.78, 5) is 34.7. The molecule has 11 heteroatoms. The molecular formula is C52H99O10P. The number of phosphoric ester groups is 1. The van der Waals surface area contributed by atoms with Crippen LogP contribution in [0.15, 0.2) is 24.3 Å². The van der Waals surface area contributed by atoms with Gasteiger partial charge in [0.25, 0.3) is 0 Å². The van der Waals surface area contributed by atoms with Crippen molar-refractivity contribution in [2.45, 2.75) is 270 Å². The second-order valence-corrected chi connectivity index (χ2v) is 19.3. The summed E-state index contributed by atoms with van der Waals surface area (Å²) >= 11 is 0. The monoisotopic (exact) mass is 915 g/mol. The molecule has 0 saturated carbocycles. The predicted molar refractivity (Wildman–Crippen MR) is 261 cm³/mol. The number of hydrogen-bond acceptors (Lipinski definition) is 9. The second-order valence-electron chi connectivity index (χ2n) is 17.9. The lowest BCUT2D eigenvalue weighted by Gasteiger charge is -2.20. The quantitative estimate of drug-likeness (QED) is 0.0233. The molecule has 0 heterocycles. The van der Waals surface area contributed by atoms with E-state index in [4.69, 9.17) is 18.5 Å². The molecule has 3 atom stereocenters. The molecule has 3 unspecified atom stereocenters. The highest BCUT2D eigenvalue weighted by Crippen LogP contribution is 2.43. The Kier molecular flexibility index (Phi) is 47.2. The van der Waals surface area contributed by atoms with E-state index in [1.807, 2.05) is 0 Å². The molecule has 3 N–H and O–H groups in total. The van der Waals surface area contributed by atoms with E-state index in [9.17, 15) is 29.3 Å². The molecule has 63 heavy (non-hydrogen) atoms. The van der Waals surface area contributed by atoms with Gasteiger partial charge in [0.2, 0.25) is 0 Å². The first-order valence-electron chi connectivity index (χ1n) is 26.3. The summed E-state index contributed by atoms with van der Waals surface area (Å²) < 4.78 is 32.7. The largest absolute Gasteiger partial charge is 0.472 e. The number of carbonyl (C=O) groups is 2. The van der Waals surface area contributed by atoms with Crippen molar-refractivity contribution in [3.05, 3.63) is 24.3 Å². The Morgan fingerprint density at radius 3 is 0.905 bits per heavy atom. The molecule has 0 rings (SSSR count). The zero-order valence-electron chi connectivity index (χ0n) is 40.8. The second kappa shape index (κ2) is 48.4. The molecule has 0 radical (unpaired) electrons. The lowest BCUT2D eigenvalue weighted by atomic mass is 10.0. The van der Waals surface area contributed by atoms with Gasteiger partial charge in [0.05, 0.1) is 26.4 Å². The summed E-state index contributed by atoms with van der Waals surface area (Å²) in [6.07, 6.45) is 51.5. The molecule has 372 valence electrons. The summed E-state index contributed by atoms with van der Waals surface area (Å²) in [6.45, 7) is 2.25. The lowest BCUT2D eigenvalue weighted by molar-refractivity contribution is -0.153. The van der Waals surface area contributed by atoms with Gasteiger partial charge in [-0.3, -0.25) is 18.6 Å². The van der Waals surface area contributed by atoms with E-state index in [1.54, 1.807) is 0 Å². The van der Waals surface area contributed by atoms with Gasteiger partial charge in [0.15, 0.2) is 0 Å². The van der Waals surface area contributed by atoms with E-state index >= 15 is 0 Å². The molecule has 0 spiro atoms. The van der Waals surface area contributed by atoms with Gasteiger partial charge < -0.3 is 24.6 Å². The standard InChI is InChI=1S/C52H99O10P/c1-3-5-7-9-11-13-15-17-19-21-22-23-24-25-26-28-30-32-34-36-38-40-42-44-52(56)62-50(46-54)48-60-63(57,58)59-47-49(45-53)61-51(55)43-41-39-37-35-33-31-29-27-20-18-16-14-12-10-8-6-4-2/h18,20-22,49-50,53-54H,3-17,19,23-48H2,1-2H3,(H,57,58)/b20-18-,22-21-. The number of aliphatic hydroxyl groups excluding tert-OH is 2. The highest BCUT2D eigenvalue weighted by atomic mass is 31.2. The number of phosphoric acid groups is 1. The molecule has 10 nitrogen and oxygen atoms in total. The number of aliphatic hydroxyl groups is 2. The van der Waals surface area contributed by atoms with Crippen LogP contribution in [0, 0.1) is 0 Å². The molecule has 0 aromatic rings. The minimum Gasteiger partial charge on any atom is -0.457 e. The smallest absolute Gasteiger partial charge is 0.457 e. The molecule has 0 aromatic carbocycles. The van der Waals surface area contributed by atoms with Gasteiger partial charge in [-0.15, -0.1) is 0 Å². The summed E-state index contributed by atoms with van der Waals surface area (Å²) in [5.74, 6) is -1.01. The molecule has 0 amide bonds. The fraction of sp³-hybridized carbons (Fsp3) is 0.885. The van der Waals surface area contributed by atoms with Crippen LogP contribution in [-0.4, -0.2) is 65.7 Å². The molecule has 0 aromatic heterocycles. The maximum atomic E-state index is 12.4. The van der Waals surface area contributed by atoms with Gasteiger partial charge in [0.1, 0.15) is 12.2 Å². The number of allylic oxidation sites excluding steroid dienone is 4. The number of unbranched alkanes of at least 4 members (excludes halogenated alkanes) is 32. The van der Waals surface area contributed by atoms with Crippen LogP contribution >= 0.6 is 7.82 Å².